The second kappa shape index (κ2) is 35.5. The molecule has 0 unspecified atom stereocenters. The number of likely N-dealkylation sites (tertiary alicyclic amines) is 4. The fourth-order valence-corrected chi connectivity index (χ4v) is 29.5. The standard InChI is InChI=1S/2C52H68N6O11/c53-17-1-19-55(47(61)66-37-9-7-33-27-39-51(63)13-11-35(59)45-49(51,41(33)43(37)68-45)15-21-57(39)29-31-3-4-31)23-25-65-26-24-56(20-2-18-54)48(62)67-38-10-8-34-28-40-52(64)14-12-36(60)46-50(52,42(34)44(38)69-46)16-22-58(40)30-32-5-6-32;53-17-1-19-55(47(63)68-51-13-11-37(61)45-49(51)15-21-57(29-31-3-4-31)39(51)27-33-7-9-35(59)43(66-45)41(33)49)23-25-65-26-24-56(20-2-18-54)48(64)69-52-14-12-38(62)46-50(52)16-22-58(30-32-5-6-32)40(52)28-34-8-10-36(60)44(67-46)42(34)50/h7-10,31-32,39-40,45-46,63-64H,1-6,11-30,53-54H2;7-10,31-32,39-40,45-46,59-60H,1-6,11-30,53-54H2/t2*39-,40-,45+,46+,49+,50+,51-,52-/m11/s1. The predicted octanol–water partition coefficient (Wildman–Crippen LogP) is 6.64. The lowest BCUT2D eigenvalue weighted by atomic mass is 9.48. The number of nitrogens with two attached hydrogens (primary N) is 4. The molecule has 12 N–H and O–H groups in total. The minimum atomic E-state index is -1.13. The number of amides is 4. The van der Waals surface area contributed by atoms with Gasteiger partial charge in [-0.1, -0.05) is 24.3 Å². The fourth-order valence-electron chi connectivity index (χ4n) is 29.5. The van der Waals surface area contributed by atoms with Crippen LogP contribution in [-0.2, 0) is 85.5 Å². The number of hydrogen-bond donors (Lipinski definition) is 8. The summed E-state index contributed by atoms with van der Waals surface area (Å²) in [4.78, 5) is 129. The Morgan fingerprint density at radius 2 is 0.638 bits per heavy atom. The van der Waals surface area contributed by atoms with Gasteiger partial charge >= 0.3 is 24.4 Å². The monoisotopic (exact) mass is 1900 g/mol. The van der Waals surface area contributed by atoms with Gasteiger partial charge in [-0.25, -0.2) is 19.2 Å². The fraction of sp³-hybridized carbons (Fsp3) is 0.692. The maximum absolute atomic E-state index is 14.8. The van der Waals surface area contributed by atoms with Gasteiger partial charge in [-0.05, 0) is 277 Å². The highest BCUT2D eigenvalue weighted by Crippen LogP contribution is 2.72. The van der Waals surface area contributed by atoms with Crippen LogP contribution in [0.25, 0.3) is 0 Å². The van der Waals surface area contributed by atoms with Crippen molar-refractivity contribution in [3.63, 3.8) is 0 Å². The zero-order valence-corrected chi connectivity index (χ0v) is 79.3. The summed E-state index contributed by atoms with van der Waals surface area (Å²) < 4.78 is 64.5. The molecule has 4 aromatic carbocycles. The molecule has 20 aliphatic rings. The van der Waals surface area contributed by atoms with Crippen LogP contribution in [0.5, 0.6) is 46.0 Å². The van der Waals surface area contributed by atoms with E-state index >= 15 is 0 Å². The number of ketones is 4. The van der Waals surface area contributed by atoms with Crippen LogP contribution in [-0.4, -0.2) is 335 Å². The summed E-state index contributed by atoms with van der Waals surface area (Å²) in [6.45, 7) is 10.9. The Kier molecular flexibility index (Phi) is 23.9. The minimum absolute atomic E-state index is 0.000462. The quantitative estimate of drug-likeness (QED) is 0.0221. The third-order valence-corrected chi connectivity index (χ3v) is 36.6. The summed E-state index contributed by atoms with van der Waals surface area (Å²) in [5.74, 6) is 4.37. The summed E-state index contributed by atoms with van der Waals surface area (Å²) in [5.41, 5.74) is 23.3. The number of hydrogen-bond acceptors (Lipinski definition) is 30. The molecule has 4 aromatic rings. The van der Waals surface area contributed by atoms with Crippen LogP contribution in [0, 0.1) is 23.7 Å². The summed E-state index contributed by atoms with van der Waals surface area (Å²) in [7, 11) is 0. The zero-order chi connectivity index (χ0) is 94.9. The molecule has 8 aliphatic heterocycles. The lowest BCUT2D eigenvalue weighted by Gasteiger charge is -2.63. The van der Waals surface area contributed by atoms with Gasteiger partial charge in [0.05, 0.1) is 71.4 Å². The van der Waals surface area contributed by atoms with E-state index in [9.17, 15) is 58.8 Å². The van der Waals surface area contributed by atoms with E-state index in [2.05, 4.69) is 19.6 Å². The topological polar surface area (TPSA) is 440 Å². The maximum atomic E-state index is 14.8. The van der Waals surface area contributed by atoms with E-state index in [1.807, 2.05) is 24.3 Å². The van der Waals surface area contributed by atoms with Gasteiger partial charge in [0.1, 0.15) is 11.2 Å². The van der Waals surface area contributed by atoms with Crippen LogP contribution in [0.15, 0.2) is 48.5 Å². The molecule has 24 rings (SSSR count). The molecule has 8 heterocycles. The number of Topliss-reactive ketones (excluding diaryl/α,β-unsaturated/α-hetero) is 4. The minimum Gasteiger partial charge on any atom is -0.504 e. The molecule has 4 spiro atoms. The van der Waals surface area contributed by atoms with Gasteiger partial charge in [-0.2, -0.15) is 0 Å². The van der Waals surface area contributed by atoms with Crippen molar-refractivity contribution in [2.45, 2.75) is 272 Å². The number of nitrogens with zero attached hydrogens (tertiary/aromatic N) is 8. The highest BCUT2D eigenvalue weighted by Gasteiger charge is 2.80. The molecule has 8 saturated carbocycles. The summed E-state index contributed by atoms with van der Waals surface area (Å²) in [6.07, 6.45) is 13.5. The average Bonchev–Trinajstić information content (AvgIpc) is 1.41. The van der Waals surface area contributed by atoms with Crippen molar-refractivity contribution in [1.82, 2.24) is 39.2 Å². The zero-order valence-electron chi connectivity index (χ0n) is 79.3. The molecule has 4 amide bonds. The van der Waals surface area contributed by atoms with Gasteiger partial charge in [0.25, 0.3) is 0 Å². The van der Waals surface area contributed by atoms with E-state index in [1.54, 1.807) is 34.1 Å². The van der Waals surface area contributed by atoms with Crippen molar-refractivity contribution < 1.29 is 106 Å². The molecule has 34 heteroatoms. The molecular formula is C104H136N12O22. The summed E-state index contributed by atoms with van der Waals surface area (Å²) in [6, 6.07) is 14.1. The summed E-state index contributed by atoms with van der Waals surface area (Å²) in [5, 5.41) is 47.5. The number of carbonyl (C=O) groups excluding carboxylic acids is 8. The first-order valence-electron chi connectivity index (χ1n) is 52.0. The van der Waals surface area contributed by atoms with Crippen molar-refractivity contribution in [3.8, 4) is 46.0 Å². The Bertz CT molecular complexity index is 5190. The first-order chi connectivity index (χ1) is 66.9. The molecular weight excluding hydrogens is 1770 g/mol. The molecule has 34 nitrogen and oxygen atoms in total. The van der Waals surface area contributed by atoms with Gasteiger partial charge in [0.15, 0.2) is 93.5 Å². The first kappa shape index (κ1) is 92.7. The van der Waals surface area contributed by atoms with Crippen LogP contribution in [0.2, 0.25) is 0 Å². The molecule has 4 saturated heterocycles. The lowest BCUT2D eigenvalue weighted by molar-refractivity contribution is -0.192. The van der Waals surface area contributed by atoms with Crippen molar-refractivity contribution in [1.29, 1.82) is 0 Å². The van der Waals surface area contributed by atoms with Gasteiger partial charge in [0.2, 0.25) is 0 Å². The van der Waals surface area contributed by atoms with Crippen molar-refractivity contribution in [2.24, 2.45) is 46.6 Å². The van der Waals surface area contributed by atoms with Crippen LogP contribution < -0.4 is 51.4 Å². The molecule has 744 valence electrons. The van der Waals surface area contributed by atoms with Crippen LogP contribution in [0.4, 0.5) is 19.2 Å². The number of phenolic OH excluding ortho intramolecular Hbond substituents is 2. The lowest BCUT2D eigenvalue weighted by Crippen LogP contribution is -2.78. The number of piperidine rings is 4. The first-order valence-corrected chi connectivity index (χ1v) is 52.0. The molecule has 0 radical (unpaired) electrons. The highest BCUT2D eigenvalue weighted by molar-refractivity contribution is 5.94. The molecule has 0 aromatic heterocycles. The van der Waals surface area contributed by atoms with E-state index in [0.29, 0.717) is 202 Å². The number of rotatable bonds is 36. The molecule has 138 heavy (non-hydrogen) atoms. The van der Waals surface area contributed by atoms with Crippen LogP contribution in [0.3, 0.4) is 0 Å². The van der Waals surface area contributed by atoms with Crippen LogP contribution >= 0.6 is 0 Å². The summed E-state index contributed by atoms with van der Waals surface area (Å²) >= 11 is 0. The van der Waals surface area contributed by atoms with E-state index in [4.69, 9.17) is 70.3 Å². The smallest absolute Gasteiger partial charge is 0.415 e. The number of benzene rings is 4. The number of aromatic hydroxyl groups is 2. The molecule has 12 fully saturated rings. The average molecular weight is 1910 g/mol. The van der Waals surface area contributed by atoms with E-state index in [1.165, 1.54) is 61.2 Å². The van der Waals surface area contributed by atoms with Crippen molar-refractivity contribution in [3.05, 3.63) is 93.0 Å². The van der Waals surface area contributed by atoms with Crippen molar-refractivity contribution in [2.75, 3.05) is 157 Å². The number of aliphatic hydroxyl groups is 2. The van der Waals surface area contributed by atoms with E-state index < -0.39 is 92.9 Å². The SMILES string of the molecule is NCCCN(CCOCCN(CCCN)C(=O)O[C@@]12CCC(=O)[C@@H]3Oc4c(O)ccc5c4[C@@]31CCN(CC1CC1)[C@@H]2C5)C(=O)O[C@@]12CCC(=O)[C@@H]3Oc4c(O)ccc5c4[C@@]31CCN(CC1CC1)[C@@H]2C5.NCCCN(CCOCCN(CCCN)C(=O)Oc1ccc2c3c1O[C@H]1C(=O)CC[C@@]4(O)[C@@H](C2)N(CC2CC2)CC[C@]314)C(=O)Oc1ccc2c3c1O[C@H]1C(=O)CC[C@@]4(O)[C@@H](C2)N(CC2CC2)CC[C@]314. The number of phenols is 2. The predicted molar refractivity (Wildman–Crippen MR) is 499 cm³/mol. The molecule has 16 atom stereocenters. The van der Waals surface area contributed by atoms with E-state index in [0.717, 1.165) is 96.9 Å². The van der Waals surface area contributed by atoms with Gasteiger partial charge in [-0.15, -0.1) is 0 Å². The Morgan fingerprint density at radius 3 is 0.971 bits per heavy atom. The Morgan fingerprint density at radius 1 is 0.355 bits per heavy atom. The van der Waals surface area contributed by atoms with Gasteiger partial charge in [0, 0.05) is 139 Å². The molecule has 12 aliphatic carbocycles. The second-order valence-electron chi connectivity index (χ2n) is 44.0. The second-order valence-corrected chi connectivity index (χ2v) is 44.0. The largest absolute Gasteiger partial charge is 0.504 e. The normalized spacial score (nSPS) is 33.3. The third-order valence-electron chi connectivity index (χ3n) is 36.6. The molecule has 8 bridgehead atoms. The number of carbonyl (C=O) groups is 8. The third kappa shape index (κ3) is 14.5. The van der Waals surface area contributed by atoms with Gasteiger partial charge < -0.3 is 110 Å². The Hall–Kier alpha value is -9.04. The van der Waals surface area contributed by atoms with Crippen molar-refractivity contribution >= 4 is 47.5 Å². The van der Waals surface area contributed by atoms with Crippen LogP contribution in [0.1, 0.15) is 199 Å². The Balaban J connectivity index is 0.000000155. The Labute approximate surface area is 804 Å². The van der Waals surface area contributed by atoms with E-state index in [-0.39, 0.29) is 149 Å². The van der Waals surface area contributed by atoms with Gasteiger partial charge in [-0.3, -0.25) is 38.8 Å². The highest BCUT2D eigenvalue weighted by atomic mass is 16.6. The maximum Gasteiger partial charge on any atom is 0.415 e. The number of ether oxygens (including phenoxy) is 10.